The summed E-state index contributed by atoms with van der Waals surface area (Å²) in [5.41, 5.74) is 0.772. The van der Waals surface area contributed by atoms with Crippen molar-refractivity contribution < 1.29 is 9.53 Å². The molecule has 1 N–H and O–H groups in total. The van der Waals surface area contributed by atoms with Gasteiger partial charge in [-0.2, -0.15) is 0 Å². The lowest BCUT2D eigenvalue weighted by Crippen LogP contribution is -2.30. The van der Waals surface area contributed by atoms with Crippen LogP contribution in [0.4, 0.5) is 5.13 Å². The zero-order valence-corrected chi connectivity index (χ0v) is 12.3. The van der Waals surface area contributed by atoms with Crippen molar-refractivity contribution in [1.29, 1.82) is 0 Å². The topological polar surface area (TPSA) is 54.5 Å². The molecular formula is C13H21N3O2S. The molecular weight excluding hydrogens is 262 g/mol. The van der Waals surface area contributed by atoms with Gasteiger partial charge in [-0.25, -0.2) is 4.98 Å². The van der Waals surface area contributed by atoms with Crippen LogP contribution in [0.2, 0.25) is 0 Å². The fourth-order valence-electron chi connectivity index (χ4n) is 2.03. The number of esters is 1. The van der Waals surface area contributed by atoms with E-state index in [0.717, 1.165) is 36.5 Å². The molecule has 0 aliphatic heterocycles. The Morgan fingerprint density at radius 2 is 2.42 bits per heavy atom. The van der Waals surface area contributed by atoms with E-state index in [9.17, 15) is 4.79 Å². The van der Waals surface area contributed by atoms with Gasteiger partial charge in [-0.1, -0.05) is 6.92 Å². The molecule has 0 bridgehead atoms. The van der Waals surface area contributed by atoms with Crippen LogP contribution in [0.5, 0.6) is 0 Å². The maximum Gasteiger partial charge on any atom is 0.311 e. The highest BCUT2D eigenvalue weighted by atomic mass is 32.1. The van der Waals surface area contributed by atoms with Crippen molar-refractivity contribution in [2.75, 3.05) is 32.1 Å². The smallest absolute Gasteiger partial charge is 0.311 e. The normalized spacial score (nSPS) is 14.7. The number of thiazole rings is 1. The van der Waals surface area contributed by atoms with E-state index in [-0.39, 0.29) is 12.4 Å². The van der Waals surface area contributed by atoms with E-state index in [2.05, 4.69) is 26.9 Å². The molecule has 1 aromatic rings. The molecule has 6 heteroatoms. The largest absolute Gasteiger partial charge is 0.469 e. The van der Waals surface area contributed by atoms with Gasteiger partial charge in [0.05, 0.1) is 19.2 Å². The highest BCUT2D eigenvalue weighted by molar-refractivity contribution is 7.13. The fourth-order valence-corrected chi connectivity index (χ4v) is 2.77. The van der Waals surface area contributed by atoms with Gasteiger partial charge in [0, 0.05) is 24.5 Å². The molecule has 1 fully saturated rings. The molecule has 2 rings (SSSR count). The summed E-state index contributed by atoms with van der Waals surface area (Å²) in [6.07, 6.45) is 2.93. The maximum atomic E-state index is 11.1. The Kier molecular flexibility index (Phi) is 5.15. The van der Waals surface area contributed by atoms with Crippen LogP contribution in [0.3, 0.4) is 0 Å². The van der Waals surface area contributed by atoms with E-state index in [1.165, 1.54) is 31.3 Å². The molecule has 1 aliphatic rings. The molecule has 1 aliphatic carbocycles. The lowest BCUT2D eigenvalue weighted by atomic mass is 10.3. The number of anilines is 1. The monoisotopic (exact) mass is 283 g/mol. The van der Waals surface area contributed by atoms with Gasteiger partial charge < -0.3 is 10.1 Å². The van der Waals surface area contributed by atoms with Crippen LogP contribution in [0.25, 0.3) is 0 Å². The molecule has 1 aromatic heterocycles. The molecule has 0 amide bonds. The number of nitrogens with zero attached hydrogens (tertiary/aromatic N) is 2. The van der Waals surface area contributed by atoms with Crippen LogP contribution in [-0.2, 0) is 16.0 Å². The second-order valence-electron chi connectivity index (χ2n) is 4.68. The first-order valence-corrected chi connectivity index (χ1v) is 7.60. The Morgan fingerprint density at radius 3 is 3.05 bits per heavy atom. The van der Waals surface area contributed by atoms with Crippen molar-refractivity contribution in [1.82, 2.24) is 9.88 Å². The highest BCUT2D eigenvalue weighted by Crippen LogP contribution is 2.26. The molecule has 19 heavy (non-hydrogen) atoms. The molecule has 0 spiro atoms. The van der Waals surface area contributed by atoms with Crippen LogP contribution in [0.15, 0.2) is 5.38 Å². The van der Waals surface area contributed by atoms with E-state index in [4.69, 9.17) is 0 Å². The van der Waals surface area contributed by atoms with Crippen molar-refractivity contribution in [2.45, 2.75) is 32.2 Å². The third-order valence-electron chi connectivity index (χ3n) is 3.25. The van der Waals surface area contributed by atoms with Gasteiger partial charge >= 0.3 is 5.97 Å². The molecule has 0 radical (unpaired) electrons. The first kappa shape index (κ1) is 14.3. The molecule has 0 aromatic carbocycles. The number of ether oxygens (including phenoxy) is 1. The SMILES string of the molecule is CCN(CCNc1nc(CC(=O)OC)cs1)C1CC1. The van der Waals surface area contributed by atoms with Gasteiger partial charge in [0.15, 0.2) is 5.13 Å². The van der Waals surface area contributed by atoms with Crippen LogP contribution >= 0.6 is 11.3 Å². The summed E-state index contributed by atoms with van der Waals surface area (Å²) in [6.45, 7) is 5.26. The van der Waals surface area contributed by atoms with E-state index >= 15 is 0 Å². The molecule has 5 nitrogen and oxygen atoms in total. The predicted octanol–water partition coefficient (Wildman–Crippen LogP) is 1.75. The van der Waals surface area contributed by atoms with Gasteiger partial charge in [-0.3, -0.25) is 9.69 Å². The van der Waals surface area contributed by atoms with Crippen LogP contribution < -0.4 is 5.32 Å². The summed E-state index contributed by atoms with van der Waals surface area (Å²) in [7, 11) is 1.39. The predicted molar refractivity (Wildman–Crippen MR) is 76.6 cm³/mol. The van der Waals surface area contributed by atoms with Crippen molar-refractivity contribution in [3.63, 3.8) is 0 Å². The van der Waals surface area contributed by atoms with Crippen molar-refractivity contribution >= 4 is 22.4 Å². The Labute approximate surface area is 118 Å². The quantitative estimate of drug-likeness (QED) is 0.737. The van der Waals surface area contributed by atoms with E-state index in [0.29, 0.717) is 0 Å². The minimum Gasteiger partial charge on any atom is -0.469 e. The molecule has 1 heterocycles. The molecule has 1 saturated carbocycles. The third kappa shape index (κ3) is 4.47. The summed E-state index contributed by atoms with van der Waals surface area (Å²) in [5.74, 6) is -0.247. The molecule has 0 saturated heterocycles. The fraction of sp³-hybridized carbons (Fsp3) is 0.692. The molecule has 106 valence electrons. The number of carbonyl (C=O) groups is 1. The van der Waals surface area contributed by atoms with Gasteiger partial charge in [0.1, 0.15) is 0 Å². The molecule has 0 atom stereocenters. The van der Waals surface area contributed by atoms with Gasteiger partial charge in [-0.05, 0) is 19.4 Å². The van der Waals surface area contributed by atoms with Gasteiger partial charge in [-0.15, -0.1) is 11.3 Å². The minimum absolute atomic E-state index is 0.247. The van der Waals surface area contributed by atoms with E-state index in [1.807, 2.05) is 5.38 Å². The number of aromatic nitrogens is 1. The Bertz CT molecular complexity index is 418. The zero-order chi connectivity index (χ0) is 13.7. The zero-order valence-electron chi connectivity index (χ0n) is 11.5. The number of methoxy groups -OCH3 is 1. The average Bonchev–Trinajstić information content (AvgIpc) is 3.16. The van der Waals surface area contributed by atoms with Crippen molar-refractivity contribution in [3.8, 4) is 0 Å². The Hall–Kier alpha value is -1.14. The lowest BCUT2D eigenvalue weighted by molar-refractivity contribution is -0.139. The van der Waals surface area contributed by atoms with Crippen LogP contribution in [-0.4, -0.2) is 48.6 Å². The number of rotatable bonds is 8. The maximum absolute atomic E-state index is 11.1. The number of hydrogen-bond donors (Lipinski definition) is 1. The second kappa shape index (κ2) is 6.86. The first-order valence-electron chi connectivity index (χ1n) is 6.72. The van der Waals surface area contributed by atoms with Crippen LogP contribution in [0.1, 0.15) is 25.5 Å². The second-order valence-corrected chi connectivity index (χ2v) is 5.54. The number of likely N-dealkylation sites (N-methyl/N-ethyl adjacent to an activating group) is 1. The Morgan fingerprint density at radius 1 is 1.63 bits per heavy atom. The molecule has 0 unspecified atom stereocenters. The average molecular weight is 283 g/mol. The van der Waals surface area contributed by atoms with Crippen molar-refractivity contribution in [2.24, 2.45) is 0 Å². The van der Waals surface area contributed by atoms with E-state index in [1.54, 1.807) is 0 Å². The summed E-state index contributed by atoms with van der Waals surface area (Å²) in [5, 5.41) is 6.10. The number of nitrogens with one attached hydrogen (secondary N) is 1. The highest BCUT2D eigenvalue weighted by Gasteiger charge is 2.27. The standard InChI is InChI=1S/C13H21N3O2S/c1-3-16(11-4-5-11)7-6-14-13-15-10(9-19-13)8-12(17)18-2/h9,11H,3-8H2,1-2H3,(H,14,15). The number of hydrogen-bond acceptors (Lipinski definition) is 6. The first-order chi connectivity index (χ1) is 9.22. The number of carbonyl (C=O) groups excluding carboxylic acids is 1. The summed E-state index contributed by atoms with van der Waals surface area (Å²) in [4.78, 5) is 18.0. The van der Waals surface area contributed by atoms with Gasteiger partial charge in [0.25, 0.3) is 0 Å². The van der Waals surface area contributed by atoms with Crippen molar-refractivity contribution in [3.05, 3.63) is 11.1 Å². The summed E-state index contributed by atoms with van der Waals surface area (Å²) < 4.78 is 4.62. The van der Waals surface area contributed by atoms with Gasteiger partial charge in [0.2, 0.25) is 0 Å². The summed E-state index contributed by atoms with van der Waals surface area (Å²) >= 11 is 1.54. The lowest BCUT2D eigenvalue weighted by Gasteiger charge is -2.19. The van der Waals surface area contributed by atoms with E-state index < -0.39 is 0 Å². The third-order valence-corrected chi connectivity index (χ3v) is 4.10. The Balaban J connectivity index is 1.72. The summed E-state index contributed by atoms with van der Waals surface area (Å²) in [6, 6.07) is 0.804. The minimum atomic E-state index is -0.247. The van der Waals surface area contributed by atoms with Crippen LogP contribution in [0, 0.1) is 0 Å².